The number of nitro groups is 1. The summed E-state index contributed by atoms with van der Waals surface area (Å²) in [4.78, 5) is 10.1. The molecular formula is C7H5ClINO2. The molecule has 0 aromatic heterocycles. The predicted octanol–water partition coefficient (Wildman–Crippen LogP) is 3.18. The van der Waals surface area contributed by atoms with Crippen LogP contribution in [0.2, 0.25) is 5.02 Å². The van der Waals surface area contributed by atoms with Crippen molar-refractivity contribution < 1.29 is 4.92 Å². The molecule has 0 aliphatic carbocycles. The minimum absolute atomic E-state index is 0.0944. The standard InChI is InChI=1S/C7H5ClINO2/c8-6-2-1-5(4-9)7(3-6)10(11)12/h1-3H,4H2. The molecule has 12 heavy (non-hydrogen) atoms. The summed E-state index contributed by atoms with van der Waals surface area (Å²) in [5.41, 5.74) is 0.793. The van der Waals surface area contributed by atoms with Crippen molar-refractivity contribution in [1.29, 1.82) is 0 Å². The molecule has 0 spiro atoms. The van der Waals surface area contributed by atoms with Crippen LogP contribution in [-0.2, 0) is 4.43 Å². The van der Waals surface area contributed by atoms with Crippen LogP contribution in [0.3, 0.4) is 0 Å². The first-order valence-electron chi connectivity index (χ1n) is 3.14. The van der Waals surface area contributed by atoms with Gasteiger partial charge < -0.3 is 0 Å². The molecule has 0 aliphatic heterocycles. The molecule has 0 fully saturated rings. The molecule has 0 saturated heterocycles. The van der Waals surface area contributed by atoms with E-state index in [0.29, 0.717) is 15.0 Å². The first-order valence-corrected chi connectivity index (χ1v) is 5.04. The van der Waals surface area contributed by atoms with Crippen LogP contribution < -0.4 is 0 Å². The minimum atomic E-state index is -0.417. The van der Waals surface area contributed by atoms with E-state index in [2.05, 4.69) is 22.6 Å². The second kappa shape index (κ2) is 4.04. The van der Waals surface area contributed by atoms with E-state index in [1.165, 1.54) is 6.07 Å². The first kappa shape index (κ1) is 9.73. The van der Waals surface area contributed by atoms with Crippen LogP contribution in [0.25, 0.3) is 0 Å². The second-order valence-corrected chi connectivity index (χ2v) is 3.36. The predicted molar refractivity (Wildman–Crippen MR) is 55.8 cm³/mol. The van der Waals surface area contributed by atoms with Crippen molar-refractivity contribution in [3.05, 3.63) is 38.9 Å². The van der Waals surface area contributed by atoms with Gasteiger partial charge in [-0.1, -0.05) is 34.2 Å². The van der Waals surface area contributed by atoms with Gasteiger partial charge in [-0.15, -0.1) is 0 Å². The number of nitrogens with zero attached hydrogens (tertiary/aromatic N) is 1. The van der Waals surface area contributed by atoms with Crippen LogP contribution in [0.15, 0.2) is 18.2 Å². The Labute approximate surface area is 88.0 Å². The highest BCUT2D eigenvalue weighted by molar-refractivity contribution is 14.1. The molecule has 0 radical (unpaired) electrons. The molecule has 0 atom stereocenters. The minimum Gasteiger partial charge on any atom is -0.258 e. The maximum atomic E-state index is 10.5. The summed E-state index contributed by atoms with van der Waals surface area (Å²) in [5, 5.41) is 10.9. The third-order valence-corrected chi connectivity index (χ3v) is 2.44. The molecule has 0 bridgehead atoms. The molecule has 1 rings (SSSR count). The lowest BCUT2D eigenvalue weighted by Gasteiger charge is -1.98. The lowest BCUT2D eigenvalue weighted by atomic mass is 10.2. The summed E-state index contributed by atoms with van der Waals surface area (Å²) in [7, 11) is 0. The van der Waals surface area contributed by atoms with Crippen LogP contribution in [-0.4, -0.2) is 4.92 Å². The van der Waals surface area contributed by atoms with Crippen molar-refractivity contribution in [1.82, 2.24) is 0 Å². The van der Waals surface area contributed by atoms with Gasteiger partial charge in [-0.05, 0) is 12.1 Å². The lowest BCUT2D eigenvalue weighted by molar-refractivity contribution is -0.385. The van der Waals surface area contributed by atoms with Gasteiger partial charge in [0.2, 0.25) is 0 Å². The van der Waals surface area contributed by atoms with Gasteiger partial charge in [0, 0.05) is 21.1 Å². The Morgan fingerprint density at radius 3 is 2.75 bits per heavy atom. The van der Waals surface area contributed by atoms with Gasteiger partial charge in [0.1, 0.15) is 0 Å². The van der Waals surface area contributed by atoms with Crippen LogP contribution in [0.5, 0.6) is 0 Å². The number of nitro benzene ring substituents is 1. The van der Waals surface area contributed by atoms with Gasteiger partial charge >= 0.3 is 0 Å². The Morgan fingerprint density at radius 2 is 2.25 bits per heavy atom. The summed E-state index contributed by atoms with van der Waals surface area (Å²) in [5.74, 6) is 0. The molecule has 0 amide bonds. The highest BCUT2D eigenvalue weighted by Crippen LogP contribution is 2.24. The molecule has 5 heteroatoms. The third kappa shape index (κ3) is 2.07. The van der Waals surface area contributed by atoms with Crippen LogP contribution in [0.4, 0.5) is 5.69 Å². The SMILES string of the molecule is O=[N+]([O-])c1cc(Cl)ccc1CI. The van der Waals surface area contributed by atoms with Crippen molar-refractivity contribution >= 4 is 39.9 Å². The maximum Gasteiger partial charge on any atom is 0.274 e. The number of hydrogen-bond donors (Lipinski definition) is 0. The van der Waals surface area contributed by atoms with E-state index < -0.39 is 4.92 Å². The largest absolute Gasteiger partial charge is 0.274 e. The Bertz CT molecular complexity index is 316. The van der Waals surface area contributed by atoms with Crippen molar-refractivity contribution in [2.75, 3.05) is 0 Å². The molecule has 3 nitrogen and oxygen atoms in total. The molecule has 1 aromatic carbocycles. The molecule has 1 aromatic rings. The summed E-state index contributed by atoms with van der Waals surface area (Å²) >= 11 is 7.69. The van der Waals surface area contributed by atoms with Gasteiger partial charge in [-0.25, -0.2) is 0 Å². The van der Waals surface area contributed by atoms with Crippen LogP contribution >= 0.6 is 34.2 Å². The van der Waals surface area contributed by atoms with E-state index in [1.54, 1.807) is 12.1 Å². The van der Waals surface area contributed by atoms with Crippen molar-refractivity contribution in [3.8, 4) is 0 Å². The first-order chi connectivity index (χ1) is 5.65. The highest BCUT2D eigenvalue weighted by atomic mass is 127. The Hall–Kier alpha value is -0.360. The second-order valence-electron chi connectivity index (χ2n) is 2.16. The smallest absolute Gasteiger partial charge is 0.258 e. The van der Waals surface area contributed by atoms with E-state index in [0.717, 1.165) is 0 Å². The zero-order valence-corrected chi connectivity index (χ0v) is 8.87. The summed E-state index contributed by atoms with van der Waals surface area (Å²) in [6.07, 6.45) is 0. The third-order valence-electron chi connectivity index (χ3n) is 1.39. The zero-order chi connectivity index (χ0) is 9.14. The topological polar surface area (TPSA) is 43.1 Å². The van der Waals surface area contributed by atoms with Crippen molar-refractivity contribution in [2.24, 2.45) is 0 Å². The monoisotopic (exact) mass is 297 g/mol. The number of benzene rings is 1. The summed E-state index contributed by atoms with van der Waals surface area (Å²) in [6, 6.07) is 4.70. The van der Waals surface area contributed by atoms with Crippen LogP contribution in [0.1, 0.15) is 5.56 Å². The van der Waals surface area contributed by atoms with E-state index in [9.17, 15) is 10.1 Å². The fourth-order valence-corrected chi connectivity index (χ4v) is 1.63. The highest BCUT2D eigenvalue weighted by Gasteiger charge is 2.12. The van der Waals surface area contributed by atoms with Crippen molar-refractivity contribution in [3.63, 3.8) is 0 Å². The Kier molecular flexibility index (Phi) is 3.28. The molecular weight excluding hydrogens is 292 g/mol. The van der Waals surface area contributed by atoms with Gasteiger partial charge in [-0.3, -0.25) is 10.1 Å². The molecule has 0 aliphatic rings. The lowest BCUT2D eigenvalue weighted by Crippen LogP contribution is -1.92. The van der Waals surface area contributed by atoms with Crippen molar-refractivity contribution in [2.45, 2.75) is 4.43 Å². The van der Waals surface area contributed by atoms with Gasteiger partial charge in [0.15, 0.2) is 0 Å². The van der Waals surface area contributed by atoms with E-state index in [4.69, 9.17) is 11.6 Å². The van der Waals surface area contributed by atoms with Gasteiger partial charge in [-0.2, -0.15) is 0 Å². The number of hydrogen-bond acceptors (Lipinski definition) is 2. The molecule has 0 heterocycles. The average molecular weight is 297 g/mol. The zero-order valence-electron chi connectivity index (χ0n) is 5.96. The quantitative estimate of drug-likeness (QED) is 0.364. The fourth-order valence-electron chi connectivity index (χ4n) is 0.820. The van der Waals surface area contributed by atoms with Gasteiger partial charge in [0.25, 0.3) is 5.69 Å². The molecule has 0 saturated carbocycles. The van der Waals surface area contributed by atoms with Gasteiger partial charge in [0.05, 0.1) is 4.92 Å². The molecule has 64 valence electrons. The van der Waals surface area contributed by atoms with Crippen LogP contribution in [0, 0.1) is 10.1 Å². The summed E-state index contributed by atoms with van der Waals surface area (Å²) < 4.78 is 0.616. The Morgan fingerprint density at radius 1 is 1.58 bits per heavy atom. The normalized spacial score (nSPS) is 9.83. The summed E-state index contributed by atoms with van der Waals surface area (Å²) in [6.45, 7) is 0. The number of halogens is 2. The average Bonchev–Trinajstić information content (AvgIpc) is 2.04. The maximum absolute atomic E-state index is 10.5. The molecule has 0 N–H and O–H groups in total. The molecule has 0 unspecified atom stereocenters. The number of rotatable bonds is 2. The number of alkyl halides is 1. The Balaban J connectivity index is 3.21. The fraction of sp³-hybridized carbons (Fsp3) is 0.143. The van der Waals surface area contributed by atoms with E-state index >= 15 is 0 Å². The van der Waals surface area contributed by atoms with E-state index in [-0.39, 0.29) is 5.69 Å². The van der Waals surface area contributed by atoms with E-state index in [1.807, 2.05) is 0 Å².